The molecule has 4 aromatic rings. The molecule has 3 aromatic carbocycles. The van der Waals surface area contributed by atoms with Gasteiger partial charge in [0.15, 0.2) is 17.3 Å². The number of aromatic nitrogens is 2. The number of nitro groups is 1. The number of benzene rings is 3. The Bertz CT molecular complexity index is 1540. The van der Waals surface area contributed by atoms with E-state index < -0.39 is 16.7 Å². The lowest BCUT2D eigenvalue weighted by Crippen LogP contribution is -2.17. The van der Waals surface area contributed by atoms with E-state index in [0.29, 0.717) is 46.9 Å². The van der Waals surface area contributed by atoms with Crippen LogP contribution in [0.3, 0.4) is 0 Å². The molecule has 180 valence electrons. The molecule has 5 rings (SSSR count). The van der Waals surface area contributed by atoms with Crippen molar-refractivity contribution in [3.63, 3.8) is 0 Å². The van der Waals surface area contributed by atoms with Gasteiger partial charge in [0.1, 0.15) is 24.2 Å². The van der Waals surface area contributed by atoms with Gasteiger partial charge in [0.05, 0.1) is 22.2 Å². The summed E-state index contributed by atoms with van der Waals surface area (Å²) in [5.41, 5.74) is 1.90. The number of non-ortho nitro benzene ring substituents is 1. The third-order valence-electron chi connectivity index (χ3n) is 5.66. The molecule has 0 amide bonds. The van der Waals surface area contributed by atoms with Gasteiger partial charge in [-0.15, -0.1) is 0 Å². The predicted molar refractivity (Wildman–Crippen MR) is 131 cm³/mol. The molecule has 10 nitrogen and oxygen atoms in total. The van der Waals surface area contributed by atoms with Crippen molar-refractivity contribution in [1.29, 1.82) is 0 Å². The van der Waals surface area contributed by atoms with E-state index >= 15 is 0 Å². The van der Waals surface area contributed by atoms with Crippen molar-refractivity contribution in [2.75, 3.05) is 13.2 Å². The first-order chi connectivity index (χ1) is 17.4. The van der Waals surface area contributed by atoms with Crippen molar-refractivity contribution in [2.24, 2.45) is 0 Å². The zero-order valence-corrected chi connectivity index (χ0v) is 19.4. The number of aliphatic carboxylic acids is 1. The molecule has 1 N–H and O–H groups in total. The Labute approximate surface area is 207 Å². The number of ketones is 1. The fraction of sp³-hybridized carbons (Fsp3) is 0.120. The number of allylic oxidation sites excluding steroid dienone is 1. The van der Waals surface area contributed by atoms with Crippen molar-refractivity contribution in [3.8, 4) is 11.5 Å². The number of carboxylic acid groups (broad SMARTS) is 1. The normalized spacial score (nSPS) is 13.2. The lowest BCUT2D eigenvalue weighted by molar-refractivity contribution is -0.384. The Balaban J connectivity index is 1.65. The Hall–Kier alpha value is -4.64. The van der Waals surface area contributed by atoms with E-state index in [1.807, 2.05) is 0 Å². The van der Waals surface area contributed by atoms with Gasteiger partial charge in [-0.05, 0) is 41.5 Å². The lowest BCUT2D eigenvalue weighted by Gasteiger charge is -2.19. The highest BCUT2D eigenvalue weighted by atomic mass is 32.1. The van der Waals surface area contributed by atoms with Gasteiger partial charge in [-0.2, -0.15) is 8.75 Å². The van der Waals surface area contributed by atoms with Crippen LogP contribution in [0.15, 0.2) is 66.2 Å². The fourth-order valence-corrected chi connectivity index (χ4v) is 4.46. The average Bonchev–Trinajstić information content (AvgIpc) is 3.36. The summed E-state index contributed by atoms with van der Waals surface area (Å²) in [7, 11) is 0. The number of carbonyl (C=O) groups is 2. The second-order valence-corrected chi connectivity index (χ2v) is 8.44. The topological polar surface area (TPSA) is 142 Å². The van der Waals surface area contributed by atoms with Crippen LogP contribution in [0, 0.1) is 10.1 Å². The first-order valence-corrected chi connectivity index (χ1v) is 11.5. The fourth-order valence-electron chi connectivity index (χ4n) is 3.95. The van der Waals surface area contributed by atoms with Crippen LogP contribution in [-0.4, -0.2) is 43.7 Å². The maximum absolute atomic E-state index is 13.8. The summed E-state index contributed by atoms with van der Waals surface area (Å²) in [6.45, 7) is 0.723. The number of nitro benzene ring substituents is 1. The van der Waals surface area contributed by atoms with Crippen molar-refractivity contribution < 1.29 is 29.1 Å². The number of hydrogen-bond donors (Lipinski definition) is 1. The molecule has 0 radical (unpaired) electrons. The quantitative estimate of drug-likeness (QED) is 0.169. The van der Waals surface area contributed by atoms with E-state index in [4.69, 9.17) is 9.47 Å². The number of rotatable bonds is 7. The molecule has 1 aliphatic heterocycles. The monoisotopic (exact) mass is 503 g/mol. The number of nitrogens with zero attached hydrogens (tertiary/aromatic N) is 3. The zero-order valence-electron chi connectivity index (χ0n) is 18.5. The van der Waals surface area contributed by atoms with Gasteiger partial charge in [0.25, 0.3) is 5.69 Å². The minimum atomic E-state index is -1.29. The molecular formula is C25H17N3O7S. The highest BCUT2D eigenvalue weighted by Crippen LogP contribution is 2.33. The summed E-state index contributed by atoms with van der Waals surface area (Å²) >= 11 is 1.00. The third kappa shape index (κ3) is 4.51. The molecule has 0 aliphatic carbocycles. The van der Waals surface area contributed by atoms with E-state index in [1.165, 1.54) is 30.3 Å². The second-order valence-electron chi connectivity index (χ2n) is 7.91. The predicted octanol–water partition coefficient (Wildman–Crippen LogP) is 4.33. The lowest BCUT2D eigenvalue weighted by atomic mass is 9.89. The van der Waals surface area contributed by atoms with E-state index in [0.717, 1.165) is 11.7 Å². The van der Waals surface area contributed by atoms with Crippen LogP contribution >= 0.6 is 11.7 Å². The van der Waals surface area contributed by atoms with Crippen LogP contribution < -0.4 is 9.47 Å². The molecule has 2 heterocycles. The number of hydrogen-bond acceptors (Lipinski definition) is 9. The maximum Gasteiger partial charge on any atom is 0.336 e. The summed E-state index contributed by atoms with van der Waals surface area (Å²) < 4.78 is 19.4. The van der Waals surface area contributed by atoms with Gasteiger partial charge >= 0.3 is 5.97 Å². The Morgan fingerprint density at radius 3 is 2.33 bits per heavy atom. The molecule has 0 unspecified atom stereocenters. The van der Waals surface area contributed by atoms with Crippen molar-refractivity contribution >= 4 is 45.8 Å². The van der Waals surface area contributed by atoms with Gasteiger partial charge in [0, 0.05) is 29.7 Å². The number of ether oxygens (including phenoxy) is 2. The number of fused-ring (bicyclic) bond motifs is 2. The first kappa shape index (κ1) is 23.1. The van der Waals surface area contributed by atoms with Gasteiger partial charge in [-0.25, -0.2) is 4.79 Å². The standard InChI is InChI=1S/C25H17N3O7S/c29-24(16-4-8-21-22(13-16)35-10-9-34-21)18(11-14-1-5-17(6-2-14)28(32)33)23(25(30)31)15-3-7-19-20(12-15)27-36-26-19/h1-8,12-13H,9-11H2,(H,30,31). The van der Waals surface area contributed by atoms with E-state index in [1.54, 1.807) is 30.3 Å². The summed E-state index contributed by atoms with van der Waals surface area (Å²) in [5, 5.41) is 21.3. The molecule has 1 aromatic heterocycles. The summed E-state index contributed by atoms with van der Waals surface area (Å²) in [6, 6.07) is 15.1. The minimum Gasteiger partial charge on any atom is -0.486 e. The molecule has 0 fully saturated rings. The molecule has 0 spiro atoms. The summed E-state index contributed by atoms with van der Waals surface area (Å²) in [4.78, 5) is 36.8. The molecule has 0 bridgehead atoms. The second kappa shape index (κ2) is 9.55. The molecule has 11 heteroatoms. The average molecular weight is 503 g/mol. The van der Waals surface area contributed by atoms with Crippen LogP contribution in [0.1, 0.15) is 21.5 Å². The number of Topliss-reactive ketones (excluding diaryl/α,β-unsaturated/α-hetero) is 1. The summed E-state index contributed by atoms with van der Waals surface area (Å²) in [6.07, 6.45) is -0.0692. The highest BCUT2D eigenvalue weighted by Gasteiger charge is 2.26. The van der Waals surface area contributed by atoms with Gasteiger partial charge in [-0.1, -0.05) is 18.2 Å². The van der Waals surface area contributed by atoms with Crippen molar-refractivity contribution in [2.45, 2.75) is 6.42 Å². The molecule has 1 aliphatic rings. The first-order valence-electron chi connectivity index (χ1n) is 10.8. The molecule has 0 saturated carbocycles. The van der Waals surface area contributed by atoms with Crippen LogP contribution in [0.2, 0.25) is 0 Å². The Morgan fingerprint density at radius 2 is 1.61 bits per heavy atom. The van der Waals surface area contributed by atoms with Gasteiger partial charge < -0.3 is 14.6 Å². The Morgan fingerprint density at radius 1 is 0.917 bits per heavy atom. The number of carboxylic acids is 1. The zero-order chi connectivity index (χ0) is 25.2. The van der Waals surface area contributed by atoms with Crippen LogP contribution in [0.25, 0.3) is 16.6 Å². The van der Waals surface area contributed by atoms with E-state index in [2.05, 4.69) is 8.75 Å². The third-order valence-corrected chi connectivity index (χ3v) is 6.22. The van der Waals surface area contributed by atoms with Crippen molar-refractivity contribution in [1.82, 2.24) is 8.75 Å². The SMILES string of the molecule is O=C(O)C(=C(Cc1ccc([N+](=O)[O-])cc1)C(=O)c1ccc2c(c1)OCCO2)c1ccc2nsnc2c1. The molecule has 0 saturated heterocycles. The summed E-state index contributed by atoms with van der Waals surface area (Å²) in [5.74, 6) is -0.910. The van der Waals surface area contributed by atoms with Crippen molar-refractivity contribution in [3.05, 3.63) is 93.0 Å². The van der Waals surface area contributed by atoms with Crippen LogP contribution in [-0.2, 0) is 11.2 Å². The van der Waals surface area contributed by atoms with Crippen LogP contribution in [0.5, 0.6) is 11.5 Å². The van der Waals surface area contributed by atoms with E-state index in [9.17, 15) is 24.8 Å². The Kier molecular flexibility index (Phi) is 6.13. The molecular weight excluding hydrogens is 486 g/mol. The highest BCUT2D eigenvalue weighted by molar-refractivity contribution is 7.00. The van der Waals surface area contributed by atoms with Gasteiger partial charge in [0.2, 0.25) is 0 Å². The molecule has 36 heavy (non-hydrogen) atoms. The largest absolute Gasteiger partial charge is 0.486 e. The minimum absolute atomic E-state index is 0.00979. The maximum atomic E-state index is 13.8. The van der Waals surface area contributed by atoms with E-state index in [-0.39, 0.29) is 28.8 Å². The number of carbonyl (C=O) groups excluding carboxylic acids is 1. The van der Waals surface area contributed by atoms with Gasteiger partial charge in [-0.3, -0.25) is 14.9 Å². The van der Waals surface area contributed by atoms with Crippen LogP contribution in [0.4, 0.5) is 5.69 Å². The smallest absolute Gasteiger partial charge is 0.336 e. The molecule has 0 atom stereocenters.